The summed E-state index contributed by atoms with van der Waals surface area (Å²) in [7, 11) is 0. The molecule has 0 atom stereocenters. The Morgan fingerprint density at radius 2 is 0.600 bits per heavy atom. The molecular weight excluding hydrogens is 663 g/mol. The summed E-state index contributed by atoms with van der Waals surface area (Å²) in [5.74, 6) is 0. The van der Waals surface area contributed by atoms with E-state index in [0.29, 0.717) is 0 Å². The molecule has 0 aliphatic rings. The van der Waals surface area contributed by atoms with E-state index < -0.39 is 0 Å². The van der Waals surface area contributed by atoms with Crippen LogP contribution >= 0.6 is 0 Å². The van der Waals surface area contributed by atoms with Gasteiger partial charge in [-0.2, -0.15) is 0 Å². The number of hydrogen-bond donors (Lipinski definition) is 0. The van der Waals surface area contributed by atoms with Crippen LogP contribution in [-0.2, 0) is 0 Å². The Balaban J connectivity index is 1.14. The van der Waals surface area contributed by atoms with Crippen molar-refractivity contribution in [3.8, 4) is 50.2 Å². The summed E-state index contributed by atoms with van der Waals surface area (Å²) in [4.78, 5) is 0. The number of nitrogens with zero attached hydrogens (tertiary/aromatic N) is 1. The van der Waals surface area contributed by atoms with E-state index in [-0.39, 0.29) is 0 Å². The second-order valence-corrected chi connectivity index (χ2v) is 14.5. The number of para-hydroxylation sites is 2. The molecule has 0 radical (unpaired) electrons. The average Bonchev–Trinajstić information content (AvgIpc) is 3.60. The molecule has 0 spiro atoms. The van der Waals surface area contributed by atoms with Gasteiger partial charge in [0.1, 0.15) is 0 Å². The molecule has 1 aromatic heterocycles. The lowest BCUT2D eigenvalue weighted by atomic mass is 9.89. The Hall–Kier alpha value is -7.22. The van der Waals surface area contributed by atoms with Gasteiger partial charge in [-0.25, -0.2) is 0 Å². The standard InChI is InChI=1S/C54H35N/c1-3-14-36(15-4-1)37-16-13-17-38(30-37)41-31-42(39-26-28-49-47-22-8-7-20-45(47)46-21-9-10-23-48(46)51(49)34-39)33-43(32-41)40-27-29-54-52(35-40)50-24-11-12-25-53(50)55(54)44-18-5-2-6-19-44/h1-35H. The maximum absolute atomic E-state index is 2.41. The van der Waals surface area contributed by atoms with Crippen molar-refractivity contribution < 1.29 is 0 Å². The van der Waals surface area contributed by atoms with Gasteiger partial charge in [0.2, 0.25) is 0 Å². The fraction of sp³-hybridized carbons (Fsp3) is 0. The summed E-state index contributed by atoms with van der Waals surface area (Å²) in [6.07, 6.45) is 0. The topological polar surface area (TPSA) is 4.93 Å². The highest BCUT2D eigenvalue weighted by molar-refractivity contribution is 6.25. The van der Waals surface area contributed by atoms with Gasteiger partial charge >= 0.3 is 0 Å². The number of rotatable bonds is 5. The van der Waals surface area contributed by atoms with Crippen LogP contribution in [0.15, 0.2) is 212 Å². The SMILES string of the molecule is c1ccc(-c2cccc(-c3cc(-c4ccc5c6ccccc6c6ccccc6c5c4)cc(-c4ccc5c(c4)c4ccccc4n5-c4ccccc4)c3)c2)cc1. The lowest BCUT2D eigenvalue weighted by Crippen LogP contribution is -1.93. The minimum absolute atomic E-state index is 1.17. The minimum atomic E-state index is 1.17. The molecule has 256 valence electrons. The van der Waals surface area contributed by atoms with Crippen LogP contribution in [-0.4, -0.2) is 4.57 Å². The molecule has 1 heterocycles. The highest BCUT2D eigenvalue weighted by atomic mass is 15.0. The summed E-state index contributed by atoms with van der Waals surface area (Å²) in [5, 5.41) is 10.2. The van der Waals surface area contributed by atoms with E-state index in [0.717, 1.165) is 0 Å². The van der Waals surface area contributed by atoms with Crippen molar-refractivity contribution in [3.63, 3.8) is 0 Å². The molecule has 0 saturated heterocycles. The summed E-state index contributed by atoms with van der Waals surface area (Å²) < 4.78 is 2.38. The zero-order chi connectivity index (χ0) is 36.3. The van der Waals surface area contributed by atoms with Crippen LogP contribution in [0.1, 0.15) is 0 Å². The van der Waals surface area contributed by atoms with Gasteiger partial charge in [-0.1, -0.05) is 152 Å². The van der Waals surface area contributed by atoms with Gasteiger partial charge in [0.15, 0.2) is 0 Å². The highest BCUT2D eigenvalue weighted by Gasteiger charge is 2.16. The van der Waals surface area contributed by atoms with Gasteiger partial charge < -0.3 is 4.57 Å². The maximum Gasteiger partial charge on any atom is 0.0541 e. The van der Waals surface area contributed by atoms with E-state index >= 15 is 0 Å². The van der Waals surface area contributed by atoms with Crippen LogP contribution in [0.2, 0.25) is 0 Å². The summed E-state index contributed by atoms with van der Waals surface area (Å²) in [6.45, 7) is 0. The van der Waals surface area contributed by atoms with E-state index in [4.69, 9.17) is 0 Å². The van der Waals surface area contributed by atoms with Crippen LogP contribution in [0, 0.1) is 0 Å². The second kappa shape index (κ2) is 12.7. The van der Waals surface area contributed by atoms with Crippen LogP contribution in [0.4, 0.5) is 0 Å². The highest BCUT2D eigenvalue weighted by Crippen LogP contribution is 2.41. The quantitative estimate of drug-likeness (QED) is 0.158. The zero-order valence-electron chi connectivity index (χ0n) is 30.2. The van der Waals surface area contributed by atoms with Gasteiger partial charge in [-0.05, 0) is 137 Å². The molecule has 1 heteroatoms. The predicted octanol–water partition coefficient (Wildman–Crippen LogP) is 14.9. The van der Waals surface area contributed by atoms with Crippen molar-refractivity contribution in [2.45, 2.75) is 0 Å². The first-order valence-corrected chi connectivity index (χ1v) is 19.0. The molecule has 55 heavy (non-hydrogen) atoms. The normalized spacial score (nSPS) is 11.6. The molecule has 0 amide bonds. The van der Waals surface area contributed by atoms with Crippen molar-refractivity contribution >= 4 is 54.1 Å². The fourth-order valence-corrected chi connectivity index (χ4v) is 8.73. The first-order valence-electron chi connectivity index (χ1n) is 19.0. The summed E-state index contributed by atoms with van der Waals surface area (Å²) in [5.41, 5.74) is 13.2. The smallest absolute Gasteiger partial charge is 0.0541 e. The van der Waals surface area contributed by atoms with Crippen LogP contribution in [0.25, 0.3) is 104 Å². The molecule has 0 bridgehead atoms. The minimum Gasteiger partial charge on any atom is -0.309 e. The molecule has 0 aliphatic carbocycles. The van der Waals surface area contributed by atoms with Gasteiger partial charge in [-0.15, -0.1) is 0 Å². The molecule has 11 aromatic rings. The third kappa shape index (κ3) is 5.24. The average molecular weight is 698 g/mol. The Morgan fingerprint density at radius 1 is 0.200 bits per heavy atom. The number of aromatic nitrogens is 1. The first kappa shape index (κ1) is 31.3. The lowest BCUT2D eigenvalue weighted by molar-refractivity contribution is 1.18. The Bertz CT molecular complexity index is 3210. The van der Waals surface area contributed by atoms with Crippen LogP contribution in [0.5, 0.6) is 0 Å². The Kier molecular flexibility index (Phi) is 7.25. The Morgan fingerprint density at radius 3 is 1.24 bits per heavy atom. The van der Waals surface area contributed by atoms with Crippen molar-refractivity contribution in [1.29, 1.82) is 0 Å². The van der Waals surface area contributed by atoms with Crippen molar-refractivity contribution in [3.05, 3.63) is 212 Å². The third-order valence-corrected chi connectivity index (χ3v) is 11.3. The molecule has 11 rings (SSSR count). The first-order chi connectivity index (χ1) is 27.3. The van der Waals surface area contributed by atoms with Crippen molar-refractivity contribution in [1.82, 2.24) is 4.57 Å². The fourth-order valence-electron chi connectivity index (χ4n) is 8.73. The van der Waals surface area contributed by atoms with Crippen molar-refractivity contribution in [2.24, 2.45) is 0 Å². The van der Waals surface area contributed by atoms with Gasteiger partial charge in [0.25, 0.3) is 0 Å². The molecule has 0 unspecified atom stereocenters. The maximum atomic E-state index is 2.41. The van der Waals surface area contributed by atoms with E-state index in [1.165, 1.54) is 104 Å². The van der Waals surface area contributed by atoms with Crippen molar-refractivity contribution in [2.75, 3.05) is 0 Å². The predicted molar refractivity (Wildman–Crippen MR) is 235 cm³/mol. The number of hydrogen-bond acceptors (Lipinski definition) is 0. The van der Waals surface area contributed by atoms with E-state index in [2.05, 4.69) is 217 Å². The second-order valence-electron chi connectivity index (χ2n) is 14.5. The Labute approximate surface area is 320 Å². The number of benzene rings is 10. The molecular formula is C54H35N. The van der Waals surface area contributed by atoms with Gasteiger partial charge in [-0.3, -0.25) is 0 Å². The summed E-state index contributed by atoms with van der Waals surface area (Å²) >= 11 is 0. The largest absolute Gasteiger partial charge is 0.309 e. The lowest BCUT2D eigenvalue weighted by Gasteiger charge is -2.15. The van der Waals surface area contributed by atoms with E-state index in [1.54, 1.807) is 0 Å². The van der Waals surface area contributed by atoms with Gasteiger partial charge in [0, 0.05) is 16.5 Å². The third-order valence-electron chi connectivity index (χ3n) is 11.3. The molecule has 0 saturated carbocycles. The van der Waals surface area contributed by atoms with E-state index in [9.17, 15) is 0 Å². The van der Waals surface area contributed by atoms with Crippen LogP contribution in [0.3, 0.4) is 0 Å². The van der Waals surface area contributed by atoms with E-state index in [1.807, 2.05) is 0 Å². The zero-order valence-corrected chi connectivity index (χ0v) is 30.2. The molecule has 0 N–H and O–H groups in total. The van der Waals surface area contributed by atoms with Crippen LogP contribution < -0.4 is 0 Å². The van der Waals surface area contributed by atoms with Gasteiger partial charge in [0.05, 0.1) is 11.0 Å². The molecule has 0 fully saturated rings. The molecule has 0 aliphatic heterocycles. The summed E-state index contributed by atoms with van der Waals surface area (Å²) in [6, 6.07) is 77.9. The molecule has 1 nitrogen and oxygen atoms in total. The monoisotopic (exact) mass is 697 g/mol. The number of fused-ring (bicyclic) bond motifs is 9. The molecule has 10 aromatic carbocycles.